The van der Waals surface area contributed by atoms with Gasteiger partial charge in [-0.15, -0.1) is 0 Å². The first-order chi connectivity index (χ1) is 15.2. The van der Waals surface area contributed by atoms with Gasteiger partial charge in [0.15, 0.2) is 0 Å². The van der Waals surface area contributed by atoms with Crippen LogP contribution in [0.15, 0.2) is 54.6 Å². The van der Waals surface area contributed by atoms with Crippen molar-refractivity contribution in [1.29, 1.82) is 0 Å². The summed E-state index contributed by atoms with van der Waals surface area (Å²) in [5.74, 6) is 0.113. The number of amides is 2. The van der Waals surface area contributed by atoms with Crippen molar-refractivity contribution in [3.63, 3.8) is 0 Å². The molecule has 0 radical (unpaired) electrons. The number of benzene rings is 2. The second-order valence-electron chi connectivity index (χ2n) is 9.65. The highest BCUT2D eigenvalue weighted by molar-refractivity contribution is 5.93. The largest absolute Gasteiger partial charge is 0.444 e. The number of hydrogen-bond donors (Lipinski definition) is 1. The predicted molar refractivity (Wildman–Crippen MR) is 125 cm³/mol. The molecule has 170 valence electrons. The van der Waals surface area contributed by atoms with Crippen LogP contribution in [0, 0.1) is 0 Å². The number of nitrogen functional groups attached to an aromatic ring is 1. The van der Waals surface area contributed by atoms with Crippen molar-refractivity contribution in [1.82, 2.24) is 9.80 Å². The molecule has 2 N–H and O–H groups in total. The zero-order valence-electron chi connectivity index (χ0n) is 19.1. The summed E-state index contributed by atoms with van der Waals surface area (Å²) in [5, 5.41) is 0. The van der Waals surface area contributed by atoms with E-state index in [-0.39, 0.29) is 12.0 Å². The molecular formula is C25H32N4O3. The van der Waals surface area contributed by atoms with Crippen LogP contribution in [0.25, 0.3) is 0 Å². The molecule has 0 aromatic heterocycles. The topological polar surface area (TPSA) is 79.1 Å². The molecule has 32 heavy (non-hydrogen) atoms. The maximum Gasteiger partial charge on any atom is 0.410 e. The third kappa shape index (κ3) is 4.38. The van der Waals surface area contributed by atoms with E-state index in [4.69, 9.17) is 10.5 Å². The normalized spacial score (nSPS) is 18.3. The molecule has 0 aliphatic carbocycles. The third-order valence-electron chi connectivity index (χ3n) is 6.18. The molecule has 4 rings (SSSR count). The SMILES string of the molecule is CC(C)(C)OC(=O)N1CCC2(CC1)C(=O)N(Cc1ccc(N)cc1)CN2c1ccccc1. The highest BCUT2D eigenvalue weighted by atomic mass is 16.6. The minimum Gasteiger partial charge on any atom is -0.444 e. The molecule has 2 aromatic carbocycles. The van der Waals surface area contributed by atoms with Gasteiger partial charge >= 0.3 is 6.09 Å². The Morgan fingerprint density at radius 1 is 1.03 bits per heavy atom. The van der Waals surface area contributed by atoms with Gasteiger partial charge in [-0.25, -0.2) is 4.79 Å². The van der Waals surface area contributed by atoms with Crippen LogP contribution in [0.1, 0.15) is 39.2 Å². The summed E-state index contributed by atoms with van der Waals surface area (Å²) in [4.78, 5) is 32.2. The number of para-hydroxylation sites is 1. The van der Waals surface area contributed by atoms with Crippen LogP contribution >= 0.6 is 0 Å². The second-order valence-corrected chi connectivity index (χ2v) is 9.65. The summed E-state index contributed by atoms with van der Waals surface area (Å²) in [6.07, 6.45) is 0.818. The van der Waals surface area contributed by atoms with E-state index >= 15 is 0 Å². The van der Waals surface area contributed by atoms with E-state index in [1.165, 1.54) is 0 Å². The third-order valence-corrected chi connectivity index (χ3v) is 6.18. The van der Waals surface area contributed by atoms with Crippen LogP contribution in [-0.2, 0) is 16.1 Å². The number of hydrogen-bond acceptors (Lipinski definition) is 5. The van der Waals surface area contributed by atoms with Gasteiger partial charge in [0.1, 0.15) is 11.1 Å². The van der Waals surface area contributed by atoms with Crippen LogP contribution in [0.3, 0.4) is 0 Å². The first kappa shape index (κ1) is 22.0. The zero-order chi connectivity index (χ0) is 22.9. The monoisotopic (exact) mass is 436 g/mol. The molecular weight excluding hydrogens is 404 g/mol. The molecule has 0 bridgehead atoms. The predicted octanol–water partition coefficient (Wildman–Crippen LogP) is 3.84. The Balaban J connectivity index is 1.56. The first-order valence-electron chi connectivity index (χ1n) is 11.1. The van der Waals surface area contributed by atoms with E-state index in [9.17, 15) is 9.59 Å². The lowest BCUT2D eigenvalue weighted by molar-refractivity contribution is -0.134. The van der Waals surface area contributed by atoms with Crippen LogP contribution in [0.5, 0.6) is 0 Å². The van der Waals surface area contributed by atoms with Gasteiger partial charge in [-0.2, -0.15) is 0 Å². The van der Waals surface area contributed by atoms with Crippen molar-refractivity contribution in [2.75, 3.05) is 30.4 Å². The summed E-state index contributed by atoms with van der Waals surface area (Å²) in [5.41, 5.74) is 7.39. The number of anilines is 2. The average molecular weight is 437 g/mol. The Bertz CT molecular complexity index is 961. The van der Waals surface area contributed by atoms with Gasteiger partial charge in [-0.05, 0) is 63.4 Å². The Morgan fingerprint density at radius 3 is 2.25 bits per heavy atom. The van der Waals surface area contributed by atoms with Crippen LogP contribution in [-0.4, -0.2) is 52.7 Å². The molecule has 1 spiro atoms. The molecule has 2 aromatic rings. The van der Waals surface area contributed by atoms with Crippen LogP contribution in [0.2, 0.25) is 0 Å². The molecule has 7 heteroatoms. The summed E-state index contributed by atoms with van der Waals surface area (Å²) in [6, 6.07) is 17.7. The molecule has 2 aliphatic rings. The number of likely N-dealkylation sites (tertiary alicyclic amines) is 1. The highest BCUT2D eigenvalue weighted by Gasteiger charge is 2.54. The Morgan fingerprint density at radius 2 is 1.66 bits per heavy atom. The lowest BCUT2D eigenvalue weighted by Crippen LogP contribution is -2.57. The number of carbonyl (C=O) groups is 2. The molecule has 0 atom stereocenters. The quantitative estimate of drug-likeness (QED) is 0.740. The molecule has 2 heterocycles. The standard InChI is InChI=1S/C25H32N4O3/c1-24(2,3)32-23(31)27-15-13-25(14-16-27)22(30)28(17-19-9-11-20(26)12-10-19)18-29(25)21-7-5-4-6-8-21/h4-12H,13-18,26H2,1-3H3. The number of rotatable bonds is 3. The van der Waals surface area contributed by atoms with Gasteiger partial charge in [0.2, 0.25) is 5.91 Å². The summed E-state index contributed by atoms with van der Waals surface area (Å²) >= 11 is 0. The fraction of sp³-hybridized carbons (Fsp3) is 0.440. The minimum atomic E-state index is -0.659. The van der Waals surface area contributed by atoms with Gasteiger partial charge in [0.05, 0.1) is 6.67 Å². The van der Waals surface area contributed by atoms with Gasteiger partial charge in [0, 0.05) is 31.0 Å². The van der Waals surface area contributed by atoms with E-state index < -0.39 is 11.1 Å². The summed E-state index contributed by atoms with van der Waals surface area (Å²) in [6.45, 7) is 7.61. The number of ether oxygens (including phenoxy) is 1. The Labute approximate surface area is 189 Å². The maximum atomic E-state index is 13.8. The Hall–Kier alpha value is -3.22. The first-order valence-corrected chi connectivity index (χ1v) is 11.1. The van der Waals surface area contributed by atoms with Crippen LogP contribution in [0.4, 0.5) is 16.2 Å². The van der Waals surface area contributed by atoms with E-state index in [0.717, 1.165) is 11.3 Å². The Kier molecular flexibility index (Phi) is 5.75. The lowest BCUT2D eigenvalue weighted by Gasteiger charge is -2.43. The highest BCUT2D eigenvalue weighted by Crippen LogP contribution is 2.40. The van der Waals surface area contributed by atoms with Gasteiger partial charge in [-0.1, -0.05) is 30.3 Å². The van der Waals surface area contributed by atoms with Crippen molar-refractivity contribution in [2.24, 2.45) is 0 Å². The fourth-order valence-electron chi connectivity index (χ4n) is 4.55. The molecule has 0 saturated carbocycles. The van der Waals surface area contributed by atoms with Gasteiger partial charge < -0.3 is 25.2 Å². The summed E-state index contributed by atoms with van der Waals surface area (Å²) in [7, 11) is 0. The van der Waals surface area contributed by atoms with Crippen molar-refractivity contribution < 1.29 is 14.3 Å². The van der Waals surface area contributed by atoms with Crippen molar-refractivity contribution in [2.45, 2.75) is 51.3 Å². The number of carbonyl (C=O) groups excluding carboxylic acids is 2. The lowest BCUT2D eigenvalue weighted by atomic mass is 9.85. The van der Waals surface area contributed by atoms with E-state index in [0.29, 0.717) is 44.8 Å². The van der Waals surface area contributed by atoms with Crippen LogP contribution < -0.4 is 10.6 Å². The van der Waals surface area contributed by atoms with Crippen molar-refractivity contribution in [3.05, 3.63) is 60.2 Å². The second kappa shape index (κ2) is 8.37. The zero-order valence-corrected chi connectivity index (χ0v) is 19.1. The van der Waals surface area contributed by atoms with Crippen molar-refractivity contribution in [3.8, 4) is 0 Å². The number of piperidine rings is 1. The van der Waals surface area contributed by atoms with Gasteiger partial charge in [0.25, 0.3) is 0 Å². The smallest absolute Gasteiger partial charge is 0.410 e. The minimum absolute atomic E-state index is 0.113. The fourth-order valence-corrected chi connectivity index (χ4v) is 4.55. The van der Waals surface area contributed by atoms with E-state index in [1.807, 2.05) is 80.3 Å². The molecule has 2 amide bonds. The average Bonchev–Trinajstić information content (AvgIpc) is 3.01. The van der Waals surface area contributed by atoms with E-state index in [1.54, 1.807) is 4.90 Å². The maximum absolute atomic E-state index is 13.8. The number of nitrogens with two attached hydrogens (primary N) is 1. The van der Waals surface area contributed by atoms with Gasteiger partial charge in [-0.3, -0.25) is 4.79 Å². The molecule has 0 unspecified atom stereocenters. The molecule has 2 saturated heterocycles. The molecule has 2 fully saturated rings. The molecule has 7 nitrogen and oxygen atoms in total. The summed E-state index contributed by atoms with van der Waals surface area (Å²) < 4.78 is 5.54. The van der Waals surface area contributed by atoms with E-state index in [2.05, 4.69) is 4.90 Å². The van der Waals surface area contributed by atoms with Crippen molar-refractivity contribution >= 4 is 23.4 Å². The molecule has 2 aliphatic heterocycles. The number of nitrogens with zero attached hydrogens (tertiary/aromatic N) is 3.